The van der Waals surface area contributed by atoms with Crippen molar-refractivity contribution in [2.24, 2.45) is 0 Å². The maximum atomic E-state index is 10.8. The van der Waals surface area contributed by atoms with Crippen molar-refractivity contribution in [2.75, 3.05) is 13.7 Å². The van der Waals surface area contributed by atoms with E-state index in [0.717, 1.165) is 21.4 Å². The number of rotatable bonds is 6. The molecule has 0 amide bonds. The van der Waals surface area contributed by atoms with Gasteiger partial charge in [0.1, 0.15) is 6.10 Å². The van der Waals surface area contributed by atoms with E-state index in [1.807, 2.05) is 19.9 Å². The maximum absolute atomic E-state index is 10.8. The average molecular weight is 355 g/mol. The highest BCUT2D eigenvalue weighted by molar-refractivity contribution is 9.10. The van der Waals surface area contributed by atoms with Gasteiger partial charge in [0.15, 0.2) is 0 Å². The van der Waals surface area contributed by atoms with Gasteiger partial charge in [-0.3, -0.25) is 4.68 Å². The molecule has 0 saturated carbocycles. The van der Waals surface area contributed by atoms with Crippen LogP contribution in [0.15, 0.2) is 16.7 Å². The van der Waals surface area contributed by atoms with Gasteiger partial charge in [-0.05, 0) is 35.3 Å². The minimum absolute atomic E-state index is 0.530. The number of aryl methyl sites for hydroxylation is 2. The van der Waals surface area contributed by atoms with Crippen molar-refractivity contribution in [3.05, 3.63) is 39.4 Å². The molecule has 21 heavy (non-hydrogen) atoms. The van der Waals surface area contributed by atoms with Crippen molar-refractivity contribution < 1.29 is 9.84 Å². The molecule has 0 aliphatic carbocycles. The quantitative estimate of drug-likeness (QED) is 0.859. The molecule has 6 nitrogen and oxygen atoms in total. The summed E-state index contributed by atoms with van der Waals surface area (Å²) >= 11 is 3.45. The molecule has 0 saturated heterocycles. The molecule has 114 valence electrons. The second kappa shape index (κ2) is 7.11. The Balaban J connectivity index is 2.42. The summed E-state index contributed by atoms with van der Waals surface area (Å²) in [5.74, 6) is 0. The van der Waals surface area contributed by atoms with Crippen LogP contribution in [0.5, 0.6) is 0 Å². The average Bonchev–Trinajstić information content (AvgIpc) is 2.85. The Kier molecular flexibility index (Phi) is 5.44. The van der Waals surface area contributed by atoms with Crippen molar-refractivity contribution in [3.8, 4) is 0 Å². The minimum Gasteiger partial charge on any atom is -0.383 e. The number of nitrogens with zero attached hydrogens (tertiary/aromatic N) is 4. The largest absolute Gasteiger partial charge is 0.383 e. The predicted octanol–water partition coefficient (Wildman–Crippen LogP) is 2.03. The number of hydrogen-bond donors (Lipinski definition) is 1. The zero-order valence-electron chi connectivity index (χ0n) is 12.4. The smallest absolute Gasteiger partial charge is 0.124 e. The van der Waals surface area contributed by atoms with Crippen molar-refractivity contribution in [2.45, 2.75) is 32.9 Å². The molecule has 2 heterocycles. The molecular formula is C14H19BrN4O2. The van der Waals surface area contributed by atoms with E-state index < -0.39 is 6.10 Å². The highest BCUT2D eigenvalue weighted by Gasteiger charge is 2.22. The Morgan fingerprint density at radius 1 is 1.43 bits per heavy atom. The summed E-state index contributed by atoms with van der Waals surface area (Å²) in [5, 5.41) is 23.3. The molecule has 0 radical (unpaired) electrons. The van der Waals surface area contributed by atoms with Crippen LogP contribution in [0.2, 0.25) is 0 Å². The van der Waals surface area contributed by atoms with Crippen LogP contribution < -0.4 is 0 Å². The standard InChI is InChI=1S/C14H19BrN4O2/c1-4-12-10(7-9(2)17-18-12)14(20)13-11(15)8-16-19(13)5-6-21-3/h7-8,14,20H,4-6H2,1-3H3. The molecular weight excluding hydrogens is 336 g/mol. The fourth-order valence-corrected chi connectivity index (χ4v) is 2.71. The van der Waals surface area contributed by atoms with E-state index in [9.17, 15) is 5.11 Å². The molecule has 1 unspecified atom stereocenters. The fourth-order valence-electron chi connectivity index (χ4n) is 2.19. The predicted molar refractivity (Wildman–Crippen MR) is 82.0 cm³/mol. The number of ether oxygens (including phenoxy) is 1. The third-order valence-electron chi connectivity index (χ3n) is 3.25. The zero-order chi connectivity index (χ0) is 15.4. The van der Waals surface area contributed by atoms with Crippen LogP contribution in [0.25, 0.3) is 0 Å². The molecule has 2 aromatic rings. The summed E-state index contributed by atoms with van der Waals surface area (Å²) in [5.41, 5.74) is 3.04. The van der Waals surface area contributed by atoms with Gasteiger partial charge >= 0.3 is 0 Å². The Hall–Kier alpha value is -1.31. The maximum Gasteiger partial charge on any atom is 0.124 e. The molecule has 1 N–H and O–H groups in total. The van der Waals surface area contributed by atoms with Crippen LogP contribution in [0.1, 0.15) is 35.7 Å². The summed E-state index contributed by atoms with van der Waals surface area (Å²) < 4.78 is 7.59. The van der Waals surface area contributed by atoms with Crippen LogP contribution in [-0.4, -0.2) is 38.8 Å². The number of aromatic nitrogens is 4. The van der Waals surface area contributed by atoms with Gasteiger partial charge in [-0.15, -0.1) is 0 Å². The van der Waals surface area contributed by atoms with E-state index in [-0.39, 0.29) is 0 Å². The summed E-state index contributed by atoms with van der Waals surface area (Å²) in [7, 11) is 1.64. The van der Waals surface area contributed by atoms with E-state index in [1.165, 1.54) is 0 Å². The summed E-state index contributed by atoms with van der Waals surface area (Å²) in [6.07, 6.45) is 1.59. The first-order chi connectivity index (χ1) is 10.1. The second-order valence-corrected chi connectivity index (χ2v) is 5.59. The first-order valence-electron chi connectivity index (χ1n) is 6.79. The highest BCUT2D eigenvalue weighted by Crippen LogP contribution is 2.30. The monoisotopic (exact) mass is 354 g/mol. The van der Waals surface area contributed by atoms with Gasteiger partial charge < -0.3 is 9.84 Å². The van der Waals surface area contributed by atoms with Crippen molar-refractivity contribution in [1.82, 2.24) is 20.0 Å². The summed E-state index contributed by atoms with van der Waals surface area (Å²) in [6.45, 7) is 4.96. The number of hydrogen-bond acceptors (Lipinski definition) is 5. The lowest BCUT2D eigenvalue weighted by molar-refractivity contribution is 0.170. The van der Waals surface area contributed by atoms with Gasteiger partial charge in [-0.1, -0.05) is 6.92 Å². The summed E-state index contributed by atoms with van der Waals surface area (Å²) in [6, 6.07) is 1.87. The van der Waals surface area contributed by atoms with Gasteiger partial charge in [0.05, 0.1) is 40.9 Å². The van der Waals surface area contributed by atoms with Gasteiger partial charge in [-0.25, -0.2) is 0 Å². The normalized spacial score (nSPS) is 12.6. The number of methoxy groups -OCH3 is 1. The van der Waals surface area contributed by atoms with Gasteiger partial charge in [0.25, 0.3) is 0 Å². The van der Waals surface area contributed by atoms with E-state index >= 15 is 0 Å². The lowest BCUT2D eigenvalue weighted by atomic mass is 10.0. The molecule has 2 aromatic heterocycles. The first kappa shape index (κ1) is 16.1. The van der Waals surface area contributed by atoms with Crippen LogP contribution in [0, 0.1) is 6.92 Å². The Morgan fingerprint density at radius 2 is 2.19 bits per heavy atom. The molecule has 1 atom stereocenters. The third kappa shape index (κ3) is 3.48. The van der Waals surface area contributed by atoms with Crippen LogP contribution in [-0.2, 0) is 17.7 Å². The van der Waals surface area contributed by atoms with Gasteiger partial charge in [-0.2, -0.15) is 15.3 Å². The van der Waals surface area contributed by atoms with E-state index in [0.29, 0.717) is 25.3 Å². The zero-order valence-corrected chi connectivity index (χ0v) is 14.0. The molecule has 7 heteroatoms. The van der Waals surface area contributed by atoms with Crippen LogP contribution >= 0.6 is 15.9 Å². The SMILES string of the molecule is CCc1nnc(C)cc1C(O)c1c(Br)cnn1CCOC. The third-order valence-corrected chi connectivity index (χ3v) is 3.87. The molecule has 2 rings (SSSR count). The lowest BCUT2D eigenvalue weighted by Crippen LogP contribution is -2.15. The van der Waals surface area contributed by atoms with Crippen LogP contribution in [0.3, 0.4) is 0 Å². The summed E-state index contributed by atoms with van der Waals surface area (Å²) in [4.78, 5) is 0. The van der Waals surface area contributed by atoms with Crippen molar-refractivity contribution in [1.29, 1.82) is 0 Å². The van der Waals surface area contributed by atoms with Crippen molar-refractivity contribution >= 4 is 15.9 Å². The van der Waals surface area contributed by atoms with E-state index in [4.69, 9.17) is 4.74 Å². The Morgan fingerprint density at radius 3 is 2.86 bits per heavy atom. The molecule has 0 aromatic carbocycles. The highest BCUT2D eigenvalue weighted by atomic mass is 79.9. The van der Waals surface area contributed by atoms with E-state index in [2.05, 4.69) is 31.2 Å². The fraction of sp³-hybridized carbons (Fsp3) is 0.500. The second-order valence-electron chi connectivity index (χ2n) is 4.74. The minimum atomic E-state index is -0.803. The lowest BCUT2D eigenvalue weighted by Gasteiger charge is -2.17. The topological polar surface area (TPSA) is 73.1 Å². The number of aliphatic hydroxyl groups is 1. The van der Waals surface area contributed by atoms with Gasteiger partial charge in [0, 0.05) is 12.7 Å². The Bertz CT molecular complexity index is 615. The molecule has 0 fully saturated rings. The van der Waals surface area contributed by atoms with Gasteiger partial charge in [0.2, 0.25) is 0 Å². The Labute approximate surface area is 132 Å². The number of halogens is 1. The van der Waals surface area contributed by atoms with E-state index in [1.54, 1.807) is 18.0 Å². The molecule has 0 bridgehead atoms. The van der Waals surface area contributed by atoms with Crippen LogP contribution in [0.4, 0.5) is 0 Å². The first-order valence-corrected chi connectivity index (χ1v) is 7.59. The molecule has 0 aliphatic rings. The molecule has 0 aliphatic heterocycles. The van der Waals surface area contributed by atoms with Crippen molar-refractivity contribution in [3.63, 3.8) is 0 Å². The molecule has 0 spiro atoms. The number of aliphatic hydroxyl groups excluding tert-OH is 1.